The van der Waals surface area contributed by atoms with Gasteiger partial charge in [-0.15, -0.1) is 0 Å². The van der Waals surface area contributed by atoms with Crippen LogP contribution in [0.5, 0.6) is 0 Å². The Morgan fingerprint density at radius 2 is 1.74 bits per heavy atom. The number of imide groups is 1. The molecule has 7 heteroatoms. The van der Waals surface area contributed by atoms with Crippen molar-refractivity contribution < 1.29 is 19.4 Å². The van der Waals surface area contributed by atoms with Gasteiger partial charge in [0.1, 0.15) is 12.3 Å². The van der Waals surface area contributed by atoms with E-state index in [1.807, 2.05) is 0 Å². The number of carbonyl (C=O) groups excluding carboxylic acids is 2. The Balaban J connectivity index is 1.12. The summed E-state index contributed by atoms with van der Waals surface area (Å²) in [6.45, 7) is 0. The maximum Gasteiger partial charge on any atom is 0.261 e. The van der Waals surface area contributed by atoms with Gasteiger partial charge in [0.2, 0.25) is 0 Å². The molecule has 0 aromatic heterocycles. The smallest absolute Gasteiger partial charge is 0.261 e. The minimum absolute atomic E-state index is 0.248. The number of carbonyl (C=O) groups is 2. The topological polar surface area (TPSA) is 106 Å². The molecule has 1 saturated heterocycles. The van der Waals surface area contributed by atoms with Gasteiger partial charge in [0, 0.05) is 0 Å². The highest BCUT2D eigenvalue weighted by molar-refractivity contribution is 6.21. The van der Waals surface area contributed by atoms with E-state index in [-0.39, 0.29) is 35.6 Å². The van der Waals surface area contributed by atoms with E-state index >= 15 is 0 Å². The van der Waals surface area contributed by atoms with Crippen molar-refractivity contribution in [3.63, 3.8) is 0 Å². The summed E-state index contributed by atoms with van der Waals surface area (Å²) in [5, 5.41) is 24.6. The van der Waals surface area contributed by atoms with Crippen LogP contribution in [0.3, 0.4) is 0 Å². The first-order valence-electron chi connectivity index (χ1n) is 13.4. The molecule has 2 amide bonds. The molecule has 8 unspecified atom stereocenters. The zero-order valence-corrected chi connectivity index (χ0v) is 19.7. The van der Waals surface area contributed by atoms with Crippen molar-refractivity contribution in [2.45, 2.75) is 81.4 Å². The van der Waals surface area contributed by atoms with Crippen LogP contribution in [0.25, 0.3) is 0 Å². The first-order chi connectivity index (χ1) is 16.9. The predicted octanol–water partition coefficient (Wildman–Crippen LogP) is 2.85. The van der Waals surface area contributed by atoms with Crippen molar-refractivity contribution in [2.75, 3.05) is 0 Å². The molecular formula is C28H31N3O4. The maximum absolute atomic E-state index is 13.6. The Morgan fingerprint density at radius 1 is 1.09 bits per heavy atom. The fourth-order valence-corrected chi connectivity index (χ4v) is 9.25. The summed E-state index contributed by atoms with van der Waals surface area (Å²) in [4.78, 5) is 28.8. The second kappa shape index (κ2) is 6.73. The molecule has 2 N–H and O–H groups in total. The predicted molar refractivity (Wildman–Crippen MR) is 124 cm³/mol. The van der Waals surface area contributed by atoms with Gasteiger partial charge in [-0.1, -0.05) is 12.1 Å². The number of epoxide rings is 1. The van der Waals surface area contributed by atoms with E-state index in [0.29, 0.717) is 35.3 Å². The molecule has 35 heavy (non-hydrogen) atoms. The number of aliphatic hydroxyl groups is 1. The van der Waals surface area contributed by atoms with E-state index in [9.17, 15) is 20.0 Å². The minimum Gasteiger partial charge on any atom is -0.390 e. The summed E-state index contributed by atoms with van der Waals surface area (Å²) in [6.07, 6.45) is 6.73. The Morgan fingerprint density at radius 3 is 2.29 bits per heavy atom. The number of hydrogen-bond donors (Lipinski definition) is 2. The van der Waals surface area contributed by atoms with Gasteiger partial charge in [0.15, 0.2) is 0 Å². The van der Waals surface area contributed by atoms with Gasteiger partial charge < -0.3 is 9.84 Å². The number of fused-ring (bicyclic) bond motifs is 2. The molecule has 6 saturated carbocycles. The van der Waals surface area contributed by atoms with Crippen molar-refractivity contribution in [2.24, 2.45) is 35.0 Å². The molecule has 2 heterocycles. The van der Waals surface area contributed by atoms with Crippen LogP contribution in [-0.2, 0) is 4.74 Å². The molecule has 182 valence electrons. The van der Waals surface area contributed by atoms with E-state index in [0.717, 1.165) is 50.4 Å². The molecule has 0 radical (unpaired) electrons. The van der Waals surface area contributed by atoms with Crippen molar-refractivity contribution in [3.05, 3.63) is 35.4 Å². The molecular weight excluding hydrogens is 442 g/mol. The first kappa shape index (κ1) is 20.9. The first-order valence-corrected chi connectivity index (χ1v) is 13.4. The summed E-state index contributed by atoms with van der Waals surface area (Å²) in [7, 11) is 0. The Bertz CT molecular complexity index is 1130. The second-order valence-corrected chi connectivity index (χ2v) is 12.9. The van der Waals surface area contributed by atoms with Crippen molar-refractivity contribution >= 4 is 11.8 Å². The van der Waals surface area contributed by atoms with Crippen LogP contribution >= 0.6 is 0 Å². The van der Waals surface area contributed by atoms with Gasteiger partial charge in [-0.25, -0.2) is 0 Å². The van der Waals surface area contributed by atoms with Crippen LogP contribution in [0.15, 0.2) is 24.3 Å². The third-order valence-electron chi connectivity index (χ3n) is 10.5. The number of nitrogens with one attached hydrogen (secondary N) is 1. The standard InChI is InChI=1S/C28H31N3O4/c29-12-16(6-19-20-7-21(19)20)30-24-22(35-24)23(31-25(32)17-3-1-2-4-18(17)26(31)33)27-8-14-5-15(9-27)11-28(34,10-14)13-27/h1-4,14-16,19-24,30,34H,5-11,13H2. The second-order valence-electron chi connectivity index (χ2n) is 12.9. The van der Waals surface area contributed by atoms with Crippen LogP contribution in [0.2, 0.25) is 0 Å². The lowest BCUT2D eigenvalue weighted by atomic mass is 9.45. The maximum atomic E-state index is 13.6. The van der Waals surface area contributed by atoms with E-state index in [2.05, 4.69) is 11.4 Å². The molecule has 1 aromatic carbocycles. The molecule has 8 atom stereocenters. The van der Waals surface area contributed by atoms with E-state index in [4.69, 9.17) is 4.74 Å². The highest BCUT2D eigenvalue weighted by Gasteiger charge is 2.68. The zero-order chi connectivity index (χ0) is 23.7. The SMILES string of the molecule is N#CC(CC1C2CC12)NC1OC1C(N1C(=O)c2ccccc2C1=O)C12CC3CC(CC(O)(C3)C1)C2. The van der Waals surface area contributed by atoms with Crippen LogP contribution in [-0.4, -0.2) is 51.8 Å². The van der Waals surface area contributed by atoms with Crippen LogP contribution in [0, 0.1) is 46.3 Å². The fourth-order valence-electron chi connectivity index (χ4n) is 9.25. The third-order valence-corrected chi connectivity index (χ3v) is 10.5. The van der Waals surface area contributed by atoms with Crippen LogP contribution < -0.4 is 5.32 Å². The van der Waals surface area contributed by atoms with Gasteiger partial charge in [-0.05, 0) is 98.5 Å². The van der Waals surface area contributed by atoms with Crippen LogP contribution in [0.4, 0.5) is 0 Å². The molecule has 2 aliphatic heterocycles. The monoisotopic (exact) mass is 473 g/mol. The van der Waals surface area contributed by atoms with Crippen molar-refractivity contribution in [3.8, 4) is 6.07 Å². The highest BCUT2D eigenvalue weighted by atomic mass is 16.6. The van der Waals surface area contributed by atoms with Gasteiger partial charge >= 0.3 is 0 Å². The fraction of sp³-hybridized carbons (Fsp3) is 0.679. The van der Waals surface area contributed by atoms with Gasteiger partial charge in [-0.3, -0.25) is 19.8 Å². The number of hydrogen-bond acceptors (Lipinski definition) is 6. The van der Waals surface area contributed by atoms with Gasteiger partial charge in [0.05, 0.1) is 34.9 Å². The normalized spacial score (nSPS) is 47.2. The average molecular weight is 474 g/mol. The number of rotatable bonds is 7. The Kier molecular flexibility index (Phi) is 4.01. The van der Waals surface area contributed by atoms with Gasteiger partial charge in [-0.2, -0.15) is 5.26 Å². The number of nitrogens with zero attached hydrogens (tertiary/aromatic N) is 2. The summed E-state index contributed by atoms with van der Waals surface area (Å²) >= 11 is 0. The summed E-state index contributed by atoms with van der Waals surface area (Å²) < 4.78 is 6.19. The zero-order valence-electron chi connectivity index (χ0n) is 19.7. The minimum atomic E-state index is -0.707. The van der Waals surface area contributed by atoms with E-state index < -0.39 is 11.6 Å². The molecule has 4 bridgehead atoms. The third kappa shape index (κ3) is 3.00. The summed E-state index contributed by atoms with van der Waals surface area (Å²) in [6, 6.07) is 8.77. The average Bonchev–Trinajstić information content (AvgIpc) is 3.72. The molecule has 7 fully saturated rings. The highest BCUT2D eigenvalue weighted by Crippen LogP contribution is 2.70. The van der Waals surface area contributed by atoms with E-state index in [1.54, 1.807) is 24.3 Å². The summed E-state index contributed by atoms with van der Waals surface area (Å²) in [5.74, 6) is 2.71. The van der Waals surface area contributed by atoms with Crippen LogP contribution in [0.1, 0.15) is 72.1 Å². The van der Waals surface area contributed by atoms with Gasteiger partial charge in [0.25, 0.3) is 11.8 Å². The van der Waals surface area contributed by atoms with E-state index in [1.165, 1.54) is 11.3 Å². The number of ether oxygens (including phenoxy) is 1. The lowest BCUT2D eigenvalue weighted by Crippen LogP contribution is -2.65. The molecule has 9 rings (SSSR count). The number of benzene rings is 1. The largest absolute Gasteiger partial charge is 0.390 e. The molecule has 8 aliphatic rings. The Hall–Kier alpha value is -2.27. The molecule has 7 nitrogen and oxygen atoms in total. The molecule has 1 aromatic rings. The Labute approximate surface area is 204 Å². The summed E-state index contributed by atoms with van der Waals surface area (Å²) in [5.41, 5.74) is -0.132. The molecule has 0 spiro atoms. The molecule has 6 aliphatic carbocycles. The lowest BCUT2D eigenvalue weighted by Gasteiger charge is -2.63. The number of nitriles is 1. The number of amides is 2. The lowest BCUT2D eigenvalue weighted by molar-refractivity contribution is -0.181. The van der Waals surface area contributed by atoms with Crippen molar-refractivity contribution in [1.82, 2.24) is 10.2 Å². The quantitative estimate of drug-likeness (QED) is 0.466. The van der Waals surface area contributed by atoms with Crippen molar-refractivity contribution in [1.29, 1.82) is 5.26 Å².